The Labute approximate surface area is 177 Å². The van der Waals surface area contributed by atoms with Crippen molar-refractivity contribution >= 4 is 17.7 Å². The fourth-order valence-corrected chi connectivity index (χ4v) is 3.75. The van der Waals surface area contributed by atoms with Crippen LogP contribution in [0.4, 0.5) is 0 Å². The average molecular weight is 418 g/mol. The first-order chi connectivity index (χ1) is 14.5. The number of benzene rings is 1. The van der Waals surface area contributed by atoms with E-state index in [2.05, 4.69) is 10.6 Å². The van der Waals surface area contributed by atoms with Crippen LogP contribution in [0.25, 0.3) is 0 Å². The molecule has 3 amide bonds. The Hall–Kier alpha value is -2.61. The number of amides is 3. The maximum absolute atomic E-state index is 13.0. The minimum Gasteiger partial charge on any atom is -0.491 e. The predicted molar refractivity (Wildman–Crippen MR) is 111 cm³/mol. The maximum Gasteiger partial charge on any atom is 0.255 e. The first-order valence-electron chi connectivity index (χ1n) is 10.7. The molecule has 1 aromatic rings. The van der Waals surface area contributed by atoms with E-state index in [1.807, 2.05) is 13.0 Å². The van der Waals surface area contributed by atoms with Crippen molar-refractivity contribution in [1.29, 1.82) is 0 Å². The first kappa shape index (κ1) is 22.1. The van der Waals surface area contributed by atoms with Crippen molar-refractivity contribution < 1.29 is 23.9 Å². The third-order valence-electron chi connectivity index (χ3n) is 5.44. The van der Waals surface area contributed by atoms with Gasteiger partial charge in [0.25, 0.3) is 5.91 Å². The highest BCUT2D eigenvalue weighted by Crippen LogP contribution is 2.21. The van der Waals surface area contributed by atoms with Gasteiger partial charge in [0, 0.05) is 45.2 Å². The lowest BCUT2D eigenvalue weighted by Gasteiger charge is -2.29. The quantitative estimate of drug-likeness (QED) is 0.717. The van der Waals surface area contributed by atoms with Crippen LogP contribution in [0.15, 0.2) is 18.2 Å². The topological polar surface area (TPSA) is 97.0 Å². The van der Waals surface area contributed by atoms with E-state index in [9.17, 15) is 14.4 Å². The van der Waals surface area contributed by atoms with Gasteiger partial charge in [-0.3, -0.25) is 14.4 Å². The molecule has 1 saturated heterocycles. The average Bonchev–Trinajstić information content (AvgIpc) is 2.76. The van der Waals surface area contributed by atoms with Crippen LogP contribution in [0.2, 0.25) is 0 Å². The van der Waals surface area contributed by atoms with Gasteiger partial charge in [-0.15, -0.1) is 0 Å². The fourth-order valence-electron chi connectivity index (χ4n) is 3.75. The molecule has 30 heavy (non-hydrogen) atoms. The minimum atomic E-state index is -0.230. The second-order valence-electron chi connectivity index (χ2n) is 7.77. The van der Waals surface area contributed by atoms with Crippen LogP contribution in [-0.4, -0.2) is 68.6 Å². The Morgan fingerprint density at radius 2 is 1.87 bits per heavy atom. The summed E-state index contributed by atoms with van der Waals surface area (Å²) in [4.78, 5) is 39.6. The van der Waals surface area contributed by atoms with Crippen molar-refractivity contribution in [3.05, 3.63) is 29.3 Å². The van der Waals surface area contributed by atoms with Crippen LogP contribution in [0.5, 0.6) is 5.75 Å². The Kier molecular flexibility index (Phi) is 8.07. The lowest BCUT2D eigenvalue weighted by molar-refractivity contribution is -0.138. The molecular formula is C22H31N3O5. The molecular weight excluding hydrogens is 386 g/mol. The molecule has 0 atom stereocenters. The number of carbonyl (C=O) groups excluding carboxylic acids is 3. The molecule has 0 unspecified atom stereocenters. The molecule has 8 heteroatoms. The maximum atomic E-state index is 13.0. The van der Waals surface area contributed by atoms with E-state index < -0.39 is 0 Å². The van der Waals surface area contributed by atoms with Gasteiger partial charge >= 0.3 is 0 Å². The van der Waals surface area contributed by atoms with Crippen molar-refractivity contribution in [2.45, 2.75) is 32.6 Å². The highest BCUT2D eigenvalue weighted by atomic mass is 16.5. The van der Waals surface area contributed by atoms with Crippen LogP contribution in [0.1, 0.15) is 41.6 Å². The fraction of sp³-hybridized carbons (Fsp3) is 0.591. The Balaban J connectivity index is 1.71. The van der Waals surface area contributed by atoms with E-state index in [1.165, 1.54) is 0 Å². The van der Waals surface area contributed by atoms with E-state index in [0.29, 0.717) is 76.4 Å². The second kappa shape index (κ2) is 11.0. The molecule has 0 bridgehead atoms. The van der Waals surface area contributed by atoms with Crippen LogP contribution in [-0.2, 0) is 14.3 Å². The number of carbonyl (C=O) groups is 3. The van der Waals surface area contributed by atoms with Crippen LogP contribution < -0.4 is 15.4 Å². The molecule has 8 nitrogen and oxygen atoms in total. The molecule has 3 rings (SSSR count). The van der Waals surface area contributed by atoms with Crippen LogP contribution >= 0.6 is 0 Å². The molecule has 0 spiro atoms. The van der Waals surface area contributed by atoms with E-state index in [1.54, 1.807) is 17.0 Å². The van der Waals surface area contributed by atoms with Gasteiger partial charge in [0.1, 0.15) is 12.4 Å². The molecule has 2 aliphatic heterocycles. The number of nitrogens with one attached hydrogen (secondary N) is 2. The summed E-state index contributed by atoms with van der Waals surface area (Å²) < 4.78 is 11.1. The lowest BCUT2D eigenvalue weighted by atomic mass is 9.98. The standard InChI is InChI=1S/C22H31N3O5/c1-16-4-5-19-18(15-16)21(27)24-8-11-25(22(28)17-6-12-29-13-7-17)10-2-3-20(26)23-9-14-30-19/h4-5,15,17H,2-3,6-14H2,1H3,(H,23,26)(H,24,27). The zero-order chi connectivity index (χ0) is 21.3. The van der Waals surface area contributed by atoms with Crippen LogP contribution in [0.3, 0.4) is 0 Å². The monoisotopic (exact) mass is 417 g/mol. The number of aryl methyl sites for hydroxylation is 1. The van der Waals surface area contributed by atoms with Gasteiger partial charge in [0.2, 0.25) is 11.8 Å². The van der Waals surface area contributed by atoms with E-state index in [4.69, 9.17) is 9.47 Å². The first-order valence-corrected chi connectivity index (χ1v) is 10.7. The van der Waals surface area contributed by atoms with Gasteiger partial charge in [-0.2, -0.15) is 0 Å². The van der Waals surface area contributed by atoms with Gasteiger partial charge in [-0.1, -0.05) is 11.6 Å². The number of fused-ring (bicyclic) bond motifs is 1. The van der Waals surface area contributed by atoms with Gasteiger partial charge < -0.3 is 25.0 Å². The highest BCUT2D eigenvalue weighted by Gasteiger charge is 2.26. The Morgan fingerprint density at radius 3 is 2.67 bits per heavy atom. The largest absolute Gasteiger partial charge is 0.491 e. The highest BCUT2D eigenvalue weighted by molar-refractivity contribution is 5.97. The molecule has 0 saturated carbocycles. The van der Waals surface area contributed by atoms with Crippen molar-refractivity contribution in [2.24, 2.45) is 5.92 Å². The summed E-state index contributed by atoms with van der Waals surface area (Å²) >= 11 is 0. The number of rotatable bonds is 1. The van der Waals surface area contributed by atoms with Crippen molar-refractivity contribution in [3.8, 4) is 5.75 Å². The number of ether oxygens (including phenoxy) is 2. The van der Waals surface area contributed by atoms with E-state index >= 15 is 0 Å². The minimum absolute atomic E-state index is 0.0536. The molecule has 0 radical (unpaired) electrons. The second-order valence-corrected chi connectivity index (χ2v) is 7.77. The van der Waals surface area contributed by atoms with Crippen LogP contribution in [0, 0.1) is 12.8 Å². The Morgan fingerprint density at radius 1 is 1.07 bits per heavy atom. The lowest BCUT2D eigenvalue weighted by Crippen LogP contribution is -2.43. The number of hydrogen-bond donors (Lipinski definition) is 2. The van der Waals surface area contributed by atoms with Gasteiger partial charge in [0.15, 0.2) is 0 Å². The van der Waals surface area contributed by atoms with Crippen molar-refractivity contribution in [3.63, 3.8) is 0 Å². The van der Waals surface area contributed by atoms with Crippen molar-refractivity contribution in [1.82, 2.24) is 15.5 Å². The van der Waals surface area contributed by atoms with E-state index in [-0.39, 0.29) is 30.2 Å². The molecule has 0 aliphatic carbocycles. The van der Waals surface area contributed by atoms with Gasteiger partial charge in [0.05, 0.1) is 12.1 Å². The molecule has 2 aliphatic rings. The number of nitrogens with zero attached hydrogens (tertiary/aromatic N) is 1. The SMILES string of the molecule is Cc1ccc2c(c1)C(=O)NCCN(C(=O)C1CCOCC1)CCCC(=O)NCCO2. The smallest absolute Gasteiger partial charge is 0.255 e. The van der Waals surface area contributed by atoms with Crippen molar-refractivity contribution in [2.75, 3.05) is 46.0 Å². The molecule has 2 heterocycles. The molecule has 0 aromatic heterocycles. The summed E-state index contributed by atoms with van der Waals surface area (Å²) in [6.45, 7) is 4.99. The zero-order valence-corrected chi connectivity index (χ0v) is 17.6. The molecule has 1 fully saturated rings. The summed E-state index contributed by atoms with van der Waals surface area (Å²) in [5.41, 5.74) is 1.41. The summed E-state index contributed by atoms with van der Waals surface area (Å²) in [6, 6.07) is 5.44. The van der Waals surface area contributed by atoms with Gasteiger partial charge in [-0.25, -0.2) is 0 Å². The zero-order valence-electron chi connectivity index (χ0n) is 17.6. The molecule has 2 N–H and O–H groups in total. The third kappa shape index (κ3) is 6.19. The predicted octanol–water partition coefficient (Wildman–Crippen LogP) is 1.27. The Bertz CT molecular complexity index is 761. The summed E-state index contributed by atoms with van der Waals surface area (Å²) in [5.74, 6) is 0.215. The van der Waals surface area contributed by atoms with Gasteiger partial charge in [-0.05, 0) is 38.3 Å². The summed E-state index contributed by atoms with van der Waals surface area (Å²) in [5, 5.41) is 5.74. The summed E-state index contributed by atoms with van der Waals surface area (Å²) in [7, 11) is 0. The summed E-state index contributed by atoms with van der Waals surface area (Å²) in [6.07, 6.45) is 2.35. The third-order valence-corrected chi connectivity index (χ3v) is 5.44. The molecule has 1 aromatic carbocycles. The number of hydrogen-bond acceptors (Lipinski definition) is 5. The molecule has 164 valence electrons. The van der Waals surface area contributed by atoms with E-state index in [0.717, 1.165) is 5.56 Å². The normalized spacial score (nSPS) is 20.1.